The van der Waals surface area contributed by atoms with Crippen molar-refractivity contribution >= 4 is 45.8 Å². The predicted octanol–water partition coefficient (Wildman–Crippen LogP) is 6.41. The maximum Gasteiger partial charge on any atom is 0.295 e. The van der Waals surface area contributed by atoms with E-state index >= 15 is 0 Å². The van der Waals surface area contributed by atoms with Crippen molar-refractivity contribution in [1.29, 1.82) is 0 Å². The molecular formula is C26H17Cl2NO4. The number of hydrogen-bond acceptors (Lipinski definition) is 4. The van der Waals surface area contributed by atoms with Gasteiger partial charge >= 0.3 is 0 Å². The van der Waals surface area contributed by atoms with E-state index in [9.17, 15) is 9.59 Å². The van der Waals surface area contributed by atoms with Crippen molar-refractivity contribution in [2.24, 2.45) is 0 Å². The molecule has 0 saturated heterocycles. The molecule has 1 atom stereocenters. The van der Waals surface area contributed by atoms with E-state index in [1.807, 2.05) is 12.1 Å². The molecule has 1 aromatic heterocycles. The van der Waals surface area contributed by atoms with Crippen LogP contribution in [0.3, 0.4) is 0 Å². The fourth-order valence-corrected chi connectivity index (χ4v) is 4.44. The second kappa shape index (κ2) is 8.43. The number of rotatable bonds is 5. The Labute approximate surface area is 199 Å². The highest BCUT2D eigenvalue weighted by molar-refractivity contribution is 6.31. The summed E-state index contributed by atoms with van der Waals surface area (Å²) in [6, 6.07) is 18.2. The summed E-state index contributed by atoms with van der Waals surface area (Å²) in [5.74, 6) is 0.161. The Hall–Kier alpha value is -3.54. The van der Waals surface area contributed by atoms with Crippen molar-refractivity contribution in [2.75, 3.05) is 11.5 Å². The number of hydrogen-bond donors (Lipinski definition) is 0. The molecule has 5 nitrogen and oxygen atoms in total. The number of carbonyl (C=O) groups excluding carboxylic acids is 1. The van der Waals surface area contributed by atoms with Crippen LogP contribution in [0.25, 0.3) is 11.0 Å². The summed E-state index contributed by atoms with van der Waals surface area (Å²) in [5, 5.41) is 1.18. The molecule has 164 valence electrons. The van der Waals surface area contributed by atoms with Gasteiger partial charge in [0, 0.05) is 15.7 Å². The molecule has 1 aliphatic rings. The van der Waals surface area contributed by atoms with Crippen LogP contribution in [0.15, 0.2) is 88.6 Å². The van der Waals surface area contributed by atoms with Crippen LogP contribution in [-0.2, 0) is 0 Å². The normalized spacial score (nSPS) is 15.0. The van der Waals surface area contributed by atoms with Gasteiger partial charge in [-0.1, -0.05) is 54.1 Å². The lowest BCUT2D eigenvalue weighted by Gasteiger charge is -2.25. The number of benzene rings is 3. The Kier molecular flexibility index (Phi) is 5.44. The zero-order valence-electron chi connectivity index (χ0n) is 17.3. The van der Waals surface area contributed by atoms with Crippen LogP contribution in [0.2, 0.25) is 10.0 Å². The SMILES string of the molecule is C=CCOc1cccc(C2c3c(oc4ccc(Cl)cc4c3=O)C(=O)N2c2cccc(Cl)c2)c1. The van der Waals surface area contributed by atoms with Gasteiger partial charge in [0.1, 0.15) is 17.9 Å². The van der Waals surface area contributed by atoms with Gasteiger partial charge in [-0.2, -0.15) is 0 Å². The molecular weight excluding hydrogens is 461 g/mol. The molecule has 0 fully saturated rings. The number of anilines is 1. The zero-order chi connectivity index (χ0) is 23.1. The lowest BCUT2D eigenvalue weighted by Crippen LogP contribution is -2.29. The molecule has 0 saturated carbocycles. The van der Waals surface area contributed by atoms with E-state index in [0.29, 0.717) is 44.6 Å². The highest BCUT2D eigenvalue weighted by Gasteiger charge is 2.43. The summed E-state index contributed by atoms with van der Waals surface area (Å²) in [7, 11) is 0. The maximum absolute atomic E-state index is 13.6. The van der Waals surface area contributed by atoms with Crippen molar-refractivity contribution < 1.29 is 13.9 Å². The standard InChI is InChI=1S/C26H17Cl2NO4/c1-2-11-32-19-8-3-5-15(12-19)23-22-24(30)20-14-17(28)9-10-21(20)33-25(22)26(31)29(23)18-7-4-6-16(27)13-18/h2-10,12-14,23H,1,11H2. The van der Waals surface area contributed by atoms with Gasteiger partial charge in [-0.05, 0) is 54.1 Å². The molecule has 0 spiro atoms. The lowest BCUT2D eigenvalue weighted by atomic mass is 9.98. The van der Waals surface area contributed by atoms with E-state index in [1.165, 1.54) is 4.90 Å². The topological polar surface area (TPSA) is 59.8 Å². The molecule has 7 heteroatoms. The molecule has 5 rings (SSSR count). The van der Waals surface area contributed by atoms with Crippen LogP contribution >= 0.6 is 23.2 Å². The van der Waals surface area contributed by atoms with E-state index < -0.39 is 11.9 Å². The second-order valence-electron chi connectivity index (χ2n) is 7.54. The minimum Gasteiger partial charge on any atom is -0.490 e. The third-order valence-electron chi connectivity index (χ3n) is 5.46. The molecule has 0 N–H and O–H groups in total. The quantitative estimate of drug-likeness (QED) is 0.311. The van der Waals surface area contributed by atoms with Crippen molar-refractivity contribution in [1.82, 2.24) is 0 Å². The average molecular weight is 478 g/mol. The third-order valence-corrected chi connectivity index (χ3v) is 5.93. The van der Waals surface area contributed by atoms with E-state index in [0.717, 1.165) is 0 Å². The summed E-state index contributed by atoms with van der Waals surface area (Å²) in [4.78, 5) is 28.7. The number of carbonyl (C=O) groups is 1. The van der Waals surface area contributed by atoms with E-state index in [2.05, 4.69) is 6.58 Å². The Bertz CT molecular complexity index is 1480. The van der Waals surface area contributed by atoms with Gasteiger partial charge in [0.05, 0.1) is 17.0 Å². The molecule has 1 unspecified atom stereocenters. The van der Waals surface area contributed by atoms with Crippen LogP contribution in [0, 0.1) is 0 Å². The molecule has 0 radical (unpaired) electrons. The van der Waals surface area contributed by atoms with E-state index in [1.54, 1.807) is 60.7 Å². The number of nitrogens with zero attached hydrogens (tertiary/aromatic N) is 1. The average Bonchev–Trinajstić information content (AvgIpc) is 3.11. The number of fused-ring (bicyclic) bond motifs is 2. The van der Waals surface area contributed by atoms with Crippen LogP contribution in [-0.4, -0.2) is 12.5 Å². The van der Waals surface area contributed by atoms with Gasteiger partial charge in [0.2, 0.25) is 5.76 Å². The van der Waals surface area contributed by atoms with Gasteiger partial charge in [0.25, 0.3) is 5.91 Å². The maximum atomic E-state index is 13.6. The van der Waals surface area contributed by atoms with Gasteiger partial charge in [-0.25, -0.2) is 0 Å². The molecule has 1 amide bonds. The predicted molar refractivity (Wildman–Crippen MR) is 130 cm³/mol. The smallest absolute Gasteiger partial charge is 0.295 e. The minimum absolute atomic E-state index is 0.00258. The largest absolute Gasteiger partial charge is 0.490 e. The summed E-state index contributed by atoms with van der Waals surface area (Å²) in [5.41, 5.74) is 1.47. The van der Waals surface area contributed by atoms with Gasteiger partial charge < -0.3 is 9.15 Å². The molecule has 4 aromatic rings. The molecule has 0 aliphatic carbocycles. The molecule has 3 aromatic carbocycles. The fourth-order valence-electron chi connectivity index (χ4n) is 4.08. The Morgan fingerprint density at radius 3 is 2.58 bits per heavy atom. The van der Waals surface area contributed by atoms with Crippen molar-refractivity contribution in [3.63, 3.8) is 0 Å². The van der Waals surface area contributed by atoms with Crippen molar-refractivity contribution in [2.45, 2.75) is 6.04 Å². The monoisotopic (exact) mass is 477 g/mol. The Balaban J connectivity index is 1.78. The lowest BCUT2D eigenvalue weighted by molar-refractivity contribution is 0.0971. The molecule has 33 heavy (non-hydrogen) atoms. The first kappa shape index (κ1) is 21.3. The summed E-state index contributed by atoms with van der Waals surface area (Å²) < 4.78 is 11.6. The first-order valence-electron chi connectivity index (χ1n) is 10.2. The summed E-state index contributed by atoms with van der Waals surface area (Å²) in [6.07, 6.45) is 1.64. The summed E-state index contributed by atoms with van der Waals surface area (Å²) in [6.45, 7) is 3.99. The van der Waals surface area contributed by atoms with Crippen LogP contribution in [0.4, 0.5) is 5.69 Å². The van der Waals surface area contributed by atoms with Gasteiger partial charge in [0.15, 0.2) is 5.43 Å². The summed E-state index contributed by atoms with van der Waals surface area (Å²) >= 11 is 12.4. The molecule has 2 heterocycles. The zero-order valence-corrected chi connectivity index (χ0v) is 18.8. The first-order chi connectivity index (χ1) is 16.0. The number of ether oxygens (including phenoxy) is 1. The van der Waals surface area contributed by atoms with Crippen molar-refractivity contribution in [3.05, 3.63) is 117 Å². The van der Waals surface area contributed by atoms with Gasteiger partial charge in [-0.3, -0.25) is 14.5 Å². The first-order valence-corrected chi connectivity index (χ1v) is 10.9. The molecule has 1 aliphatic heterocycles. The van der Waals surface area contributed by atoms with Crippen LogP contribution < -0.4 is 15.1 Å². The Morgan fingerprint density at radius 2 is 1.79 bits per heavy atom. The number of halogens is 2. The fraction of sp³-hybridized carbons (Fsp3) is 0.0769. The third kappa shape index (κ3) is 3.69. The second-order valence-corrected chi connectivity index (χ2v) is 8.42. The van der Waals surface area contributed by atoms with Crippen LogP contribution in [0.5, 0.6) is 5.75 Å². The van der Waals surface area contributed by atoms with E-state index in [4.69, 9.17) is 32.4 Å². The highest BCUT2D eigenvalue weighted by Crippen LogP contribution is 2.42. The van der Waals surface area contributed by atoms with Crippen molar-refractivity contribution in [3.8, 4) is 5.75 Å². The van der Waals surface area contributed by atoms with Crippen LogP contribution in [0.1, 0.15) is 27.7 Å². The molecule has 0 bridgehead atoms. The van der Waals surface area contributed by atoms with E-state index in [-0.39, 0.29) is 16.8 Å². The van der Waals surface area contributed by atoms with Gasteiger partial charge in [-0.15, -0.1) is 0 Å². The highest BCUT2D eigenvalue weighted by atomic mass is 35.5. The Morgan fingerprint density at radius 1 is 1.00 bits per heavy atom. The minimum atomic E-state index is -0.738. The number of amides is 1.